The van der Waals surface area contributed by atoms with Crippen molar-refractivity contribution in [1.29, 1.82) is 0 Å². The molecule has 4 rings (SSSR count). The first-order valence-corrected chi connectivity index (χ1v) is 8.31. The van der Waals surface area contributed by atoms with Gasteiger partial charge in [-0.25, -0.2) is 4.79 Å². The molecule has 25 heavy (non-hydrogen) atoms. The molecule has 2 amide bonds. The van der Waals surface area contributed by atoms with E-state index in [9.17, 15) is 9.59 Å². The van der Waals surface area contributed by atoms with Gasteiger partial charge in [0.2, 0.25) is 0 Å². The summed E-state index contributed by atoms with van der Waals surface area (Å²) in [6.45, 7) is 1.52. The summed E-state index contributed by atoms with van der Waals surface area (Å²) in [5.74, 6) is 0.315. The number of nitrogens with zero attached hydrogens (tertiary/aromatic N) is 3. The molecule has 1 unspecified atom stereocenters. The minimum atomic E-state index is -0.607. The summed E-state index contributed by atoms with van der Waals surface area (Å²) in [4.78, 5) is 28.1. The number of hydrogen-bond acceptors (Lipinski definition) is 5. The minimum Gasteiger partial charge on any atom is -0.439 e. The number of carbonyl (C=O) groups excluding carboxylic acids is 2. The first-order valence-electron chi connectivity index (χ1n) is 8.31. The first kappa shape index (κ1) is 15.7. The fraction of sp³-hybridized carbons (Fsp3) is 0.389. The Labute approximate surface area is 145 Å². The highest BCUT2D eigenvalue weighted by Gasteiger charge is 2.47. The van der Waals surface area contributed by atoms with Gasteiger partial charge in [-0.1, -0.05) is 35.5 Å². The molecule has 130 valence electrons. The van der Waals surface area contributed by atoms with Crippen molar-refractivity contribution >= 4 is 12.0 Å². The molecule has 1 atom stereocenters. The molecule has 2 aliphatic heterocycles. The van der Waals surface area contributed by atoms with Crippen molar-refractivity contribution in [1.82, 2.24) is 15.0 Å². The molecule has 2 aromatic rings. The molecule has 0 saturated carbocycles. The van der Waals surface area contributed by atoms with Gasteiger partial charge in [-0.3, -0.25) is 4.79 Å². The zero-order chi connectivity index (χ0) is 17.4. The number of rotatable bonds is 2. The van der Waals surface area contributed by atoms with Gasteiger partial charge in [-0.2, -0.15) is 0 Å². The van der Waals surface area contributed by atoms with Crippen LogP contribution in [-0.2, 0) is 4.74 Å². The molecular weight excluding hydrogens is 322 g/mol. The molecule has 2 aliphatic rings. The number of carbonyl (C=O) groups is 2. The molecule has 0 N–H and O–H groups in total. The van der Waals surface area contributed by atoms with Crippen LogP contribution in [0.4, 0.5) is 4.79 Å². The topological polar surface area (TPSA) is 75.9 Å². The Hall–Kier alpha value is -2.83. The SMILES string of the molecule is CN1CC2(CCCN(C(=O)c3cnoc3-c3ccccc3)C2)OC1=O. The number of likely N-dealkylation sites (N-methyl/N-ethyl adjacent to an activating group) is 1. The lowest BCUT2D eigenvalue weighted by atomic mass is 9.92. The highest BCUT2D eigenvalue weighted by atomic mass is 16.6. The van der Waals surface area contributed by atoms with E-state index in [-0.39, 0.29) is 12.0 Å². The van der Waals surface area contributed by atoms with E-state index in [0.29, 0.717) is 31.0 Å². The Kier molecular flexibility index (Phi) is 3.71. The number of ether oxygens (including phenoxy) is 1. The highest BCUT2D eigenvalue weighted by molar-refractivity contribution is 5.99. The second-order valence-corrected chi connectivity index (χ2v) is 6.67. The van der Waals surface area contributed by atoms with Crippen LogP contribution < -0.4 is 0 Å². The molecule has 1 aromatic carbocycles. The molecule has 7 nitrogen and oxygen atoms in total. The van der Waals surface area contributed by atoms with E-state index in [2.05, 4.69) is 5.16 Å². The van der Waals surface area contributed by atoms with Crippen LogP contribution in [0, 0.1) is 0 Å². The monoisotopic (exact) mass is 341 g/mol. The summed E-state index contributed by atoms with van der Waals surface area (Å²) in [5.41, 5.74) is 0.632. The van der Waals surface area contributed by atoms with Gasteiger partial charge in [-0.05, 0) is 12.8 Å². The second kappa shape index (κ2) is 5.91. The van der Waals surface area contributed by atoms with Gasteiger partial charge < -0.3 is 19.1 Å². The number of likely N-dealkylation sites (tertiary alicyclic amines) is 1. The average molecular weight is 341 g/mol. The van der Waals surface area contributed by atoms with E-state index in [0.717, 1.165) is 18.4 Å². The van der Waals surface area contributed by atoms with Crippen molar-refractivity contribution in [3.05, 3.63) is 42.1 Å². The van der Waals surface area contributed by atoms with E-state index in [1.807, 2.05) is 30.3 Å². The van der Waals surface area contributed by atoms with Crippen LogP contribution in [0.5, 0.6) is 0 Å². The van der Waals surface area contributed by atoms with E-state index in [4.69, 9.17) is 9.26 Å². The lowest BCUT2D eigenvalue weighted by Crippen LogP contribution is -2.52. The molecule has 2 fully saturated rings. The fourth-order valence-electron chi connectivity index (χ4n) is 3.64. The van der Waals surface area contributed by atoms with Crippen LogP contribution in [0.15, 0.2) is 41.1 Å². The fourth-order valence-corrected chi connectivity index (χ4v) is 3.64. The average Bonchev–Trinajstić information content (AvgIpc) is 3.20. The lowest BCUT2D eigenvalue weighted by Gasteiger charge is -2.38. The van der Waals surface area contributed by atoms with Gasteiger partial charge in [0.1, 0.15) is 11.2 Å². The minimum absolute atomic E-state index is 0.148. The molecule has 1 aromatic heterocycles. The third-order valence-electron chi connectivity index (χ3n) is 4.80. The maximum atomic E-state index is 13.0. The van der Waals surface area contributed by atoms with Crippen molar-refractivity contribution in [2.75, 3.05) is 26.7 Å². The van der Waals surface area contributed by atoms with Gasteiger partial charge in [0, 0.05) is 19.2 Å². The Morgan fingerprint density at radius 1 is 1.24 bits per heavy atom. The van der Waals surface area contributed by atoms with E-state index >= 15 is 0 Å². The van der Waals surface area contributed by atoms with Gasteiger partial charge in [0.15, 0.2) is 5.76 Å². The van der Waals surface area contributed by atoms with Gasteiger partial charge >= 0.3 is 6.09 Å². The quantitative estimate of drug-likeness (QED) is 0.838. The summed E-state index contributed by atoms with van der Waals surface area (Å²) in [7, 11) is 1.71. The van der Waals surface area contributed by atoms with Gasteiger partial charge in [0.05, 0.1) is 19.3 Å². The summed E-state index contributed by atoms with van der Waals surface area (Å²) in [5, 5.41) is 3.81. The number of hydrogen-bond donors (Lipinski definition) is 0. The molecule has 2 saturated heterocycles. The lowest BCUT2D eigenvalue weighted by molar-refractivity contribution is -0.00520. The smallest absolute Gasteiger partial charge is 0.410 e. The predicted molar refractivity (Wildman–Crippen MR) is 88.9 cm³/mol. The maximum absolute atomic E-state index is 13.0. The number of amides is 2. The van der Waals surface area contributed by atoms with Crippen molar-refractivity contribution in [2.24, 2.45) is 0 Å². The van der Waals surface area contributed by atoms with E-state index in [1.54, 1.807) is 16.8 Å². The van der Waals surface area contributed by atoms with Crippen LogP contribution in [-0.4, -0.2) is 59.2 Å². The van der Waals surface area contributed by atoms with Crippen molar-refractivity contribution < 1.29 is 18.8 Å². The first-order chi connectivity index (χ1) is 12.1. The third-order valence-corrected chi connectivity index (χ3v) is 4.80. The number of piperidine rings is 1. The number of benzene rings is 1. The van der Waals surface area contributed by atoms with Gasteiger partial charge in [0.25, 0.3) is 5.91 Å². The van der Waals surface area contributed by atoms with Crippen molar-refractivity contribution in [2.45, 2.75) is 18.4 Å². The van der Waals surface area contributed by atoms with Crippen molar-refractivity contribution in [3.63, 3.8) is 0 Å². The molecule has 0 bridgehead atoms. The largest absolute Gasteiger partial charge is 0.439 e. The predicted octanol–water partition coefficient (Wildman–Crippen LogP) is 2.40. The normalized spacial score (nSPS) is 23.2. The van der Waals surface area contributed by atoms with Crippen LogP contribution in [0.3, 0.4) is 0 Å². The number of aromatic nitrogens is 1. The molecule has 0 aliphatic carbocycles. The van der Waals surface area contributed by atoms with Crippen LogP contribution in [0.2, 0.25) is 0 Å². The Bertz CT molecular complexity index is 804. The van der Waals surface area contributed by atoms with E-state index in [1.165, 1.54) is 6.20 Å². The summed E-state index contributed by atoms with van der Waals surface area (Å²) in [6, 6.07) is 9.43. The third kappa shape index (κ3) is 2.75. The Morgan fingerprint density at radius 2 is 2.04 bits per heavy atom. The maximum Gasteiger partial charge on any atom is 0.410 e. The summed E-state index contributed by atoms with van der Waals surface area (Å²) in [6.07, 6.45) is 2.68. The summed E-state index contributed by atoms with van der Waals surface area (Å²) < 4.78 is 10.9. The summed E-state index contributed by atoms with van der Waals surface area (Å²) >= 11 is 0. The van der Waals surface area contributed by atoms with Crippen LogP contribution in [0.1, 0.15) is 23.2 Å². The van der Waals surface area contributed by atoms with Crippen molar-refractivity contribution in [3.8, 4) is 11.3 Å². The zero-order valence-corrected chi connectivity index (χ0v) is 14.0. The van der Waals surface area contributed by atoms with Gasteiger partial charge in [-0.15, -0.1) is 0 Å². The molecule has 1 spiro atoms. The highest BCUT2D eigenvalue weighted by Crippen LogP contribution is 2.33. The molecular formula is C18H19N3O4. The molecule has 7 heteroatoms. The van der Waals surface area contributed by atoms with Crippen LogP contribution in [0.25, 0.3) is 11.3 Å². The Morgan fingerprint density at radius 3 is 2.76 bits per heavy atom. The van der Waals surface area contributed by atoms with E-state index < -0.39 is 5.60 Å². The molecule has 0 radical (unpaired) electrons. The van der Waals surface area contributed by atoms with Crippen LogP contribution >= 0.6 is 0 Å². The second-order valence-electron chi connectivity index (χ2n) is 6.67. The zero-order valence-electron chi connectivity index (χ0n) is 14.0. The Balaban J connectivity index is 1.58. The molecule has 3 heterocycles. The standard InChI is InChI=1S/C18H19N3O4/c1-20-11-18(24-17(20)23)8-5-9-21(12-18)16(22)14-10-19-25-15(14)13-6-3-2-4-7-13/h2-4,6-7,10H,5,8-9,11-12H2,1H3.